The highest BCUT2D eigenvalue weighted by atomic mass is 19.1. The van der Waals surface area contributed by atoms with Crippen LogP contribution in [0.1, 0.15) is 31.4 Å². The zero-order chi connectivity index (χ0) is 12.7. The molecule has 0 aliphatic heterocycles. The van der Waals surface area contributed by atoms with Gasteiger partial charge in [-0.3, -0.25) is 11.3 Å². The Kier molecular flexibility index (Phi) is 6.04. The molecule has 0 aromatic heterocycles. The third-order valence-corrected chi connectivity index (χ3v) is 2.39. The van der Waals surface area contributed by atoms with Gasteiger partial charge in [-0.1, -0.05) is 6.92 Å². The molecule has 17 heavy (non-hydrogen) atoms. The van der Waals surface area contributed by atoms with E-state index in [2.05, 4.69) is 5.43 Å². The van der Waals surface area contributed by atoms with Crippen LogP contribution < -0.4 is 11.3 Å². The second-order valence-electron chi connectivity index (χ2n) is 3.82. The molecule has 0 aliphatic rings. The van der Waals surface area contributed by atoms with Gasteiger partial charge in [0.2, 0.25) is 0 Å². The number of hydrazine groups is 1. The molecule has 0 amide bonds. The van der Waals surface area contributed by atoms with Crippen LogP contribution in [0.2, 0.25) is 0 Å². The molecule has 1 aromatic carbocycles. The minimum absolute atomic E-state index is 0.308. The van der Waals surface area contributed by atoms with Crippen LogP contribution in [0.15, 0.2) is 18.2 Å². The monoisotopic (exact) mass is 244 g/mol. The van der Waals surface area contributed by atoms with E-state index in [9.17, 15) is 8.78 Å². The lowest BCUT2D eigenvalue weighted by molar-refractivity contribution is 0.124. The summed E-state index contributed by atoms with van der Waals surface area (Å²) in [6.07, 6.45) is 1.51. The Morgan fingerprint density at radius 2 is 1.88 bits per heavy atom. The molecule has 0 saturated carbocycles. The van der Waals surface area contributed by atoms with E-state index < -0.39 is 11.6 Å². The molecular formula is C12H18F2N2O. The van der Waals surface area contributed by atoms with Crippen LogP contribution in [0.5, 0.6) is 0 Å². The van der Waals surface area contributed by atoms with Crippen LogP contribution in [-0.2, 0) is 4.74 Å². The van der Waals surface area contributed by atoms with Crippen LogP contribution in [0.3, 0.4) is 0 Å². The predicted octanol–water partition coefficient (Wildman–Crippen LogP) is 2.29. The number of rotatable bonds is 7. The molecule has 0 spiro atoms. The van der Waals surface area contributed by atoms with Crippen molar-refractivity contribution in [3.05, 3.63) is 35.4 Å². The van der Waals surface area contributed by atoms with Gasteiger partial charge in [0.05, 0.1) is 0 Å². The maximum Gasteiger partial charge on any atom is 0.126 e. The van der Waals surface area contributed by atoms with E-state index in [0.29, 0.717) is 25.2 Å². The Morgan fingerprint density at radius 1 is 1.24 bits per heavy atom. The van der Waals surface area contributed by atoms with E-state index in [4.69, 9.17) is 10.6 Å². The maximum absolute atomic E-state index is 13.0. The van der Waals surface area contributed by atoms with Gasteiger partial charge in [-0.25, -0.2) is 8.78 Å². The van der Waals surface area contributed by atoms with E-state index in [1.54, 1.807) is 0 Å². The minimum atomic E-state index is -0.602. The van der Waals surface area contributed by atoms with Crippen molar-refractivity contribution in [2.45, 2.75) is 25.8 Å². The molecule has 5 heteroatoms. The second kappa shape index (κ2) is 7.32. The highest BCUT2D eigenvalue weighted by Crippen LogP contribution is 2.18. The first-order valence-corrected chi connectivity index (χ1v) is 5.67. The summed E-state index contributed by atoms with van der Waals surface area (Å²) in [7, 11) is 0. The number of halogens is 2. The summed E-state index contributed by atoms with van der Waals surface area (Å²) in [6, 6.07) is 3.07. The first-order valence-electron chi connectivity index (χ1n) is 5.67. The van der Waals surface area contributed by atoms with E-state index in [1.807, 2.05) is 6.92 Å². The van der Waals surface area contributed by atoms with E-state index >= 15 is 0 Å². The van der Waals surface area contributed by atoms with Gasteiger partial charge in [-0.15, -0.1) is 0 Å². The quantitative estimate of drug-likeness (QED) is 0.439. The largest absolute Gasteiger partial charge is 0.381 e. The lowest BCUT2D eigenvalue weighted by Crippen LogP contribution is -2.29. The zero-order valence-electron chi connectivity index (χ0n) is 9.88. The van der Waals surface area contributed by atoms with Crippen molar-refractivity contribution in [3.63, 3.8) is 0 Å². The number of benzene rings is 1. The zero-order valence-corrected chi connectivity index (χ0v) is 9.88. The summed E-state index contributed by atoms with van der Waals surface area (Å²) < 4.78 is 31.4. The molecule has 1 rings (SSSR count). The Hall–Kier alpha value is -1.04. The Labute approximate surface area is 99.9 Å². The lowest BCUT2D eigenvalue weighted by Gasteiger charge is -2.16. The minimum Gasteiger partial charge on any atom is -0.381 e. The Bertz CT molecular complexity index is 327. The normalized spacial score (nSPS) is 12.7. The van der Waals surface area contributed by atoms with Gasteiger partial charge in [-0.05, 0) is 30.5 Å². The molecule has 0 bridgehead atoms. The third kappa shape index (κ3) is 4.77. The first kappa shape index (κ1) is 14.0. The van der Waals surface area contributed by atoms with Gasteiger partial charge in [-0.2, -0.15) is 0 Å². The molecule has 1 atom stereocenters. The number of nitrogens with one attached hydrogen (secondary N) is 1. The van der Waals surface area contributed by atoms with Gasteiger partial charge in [0.1, 0.15) is 11.6 Å². The highest BCUT2D eigenvalue weighted by Gasteiger charge is 2.11. The molecule has 1 unspecified atom stereocenters. The summed E-state index contributed by atoms with van der Waals surface area (Å²) in [4.78, 5) is 0. The average Bonchev–Trinajstić information content (AvgIpc) is 2.28. The van der Waals surface area contributed by atoms with Crippen molar-refractivity contribution in [2.24, 2.45) is 5.84 Å². The van der Waals surface area contributed by atoms with Gasteiger partial charge in [0.15, 0.2) is 0 Å². The maximum atomic E-state index is 13.0. The lowest BCUT2D eigenvalue weighted by atomic mass is 10.0. The fourth-order valence-electron chi connectivity index (χ4n) is 1.57. The first-order chi connectivity index (χ1) is 8.17. The molecule has 0 radical (unpaired) electrons. The molecule has 3 N–H and O–H groups in total. The highest BCUT2D eigenvalue weighted by molar-refractivity contribution is 5.21. The number of hydrogen-bond acceptors (Lipinski definition) is 3. The van der Waals surface area contributed by atoms with Crippen LogP contribution in [-0.4, -0.2) is 13.2 Å². The predicted molar refractivity (Wildman–Crippen MR) is 62.1 cm³/mol. The van der Waals surface area contributed by atoms with Crippen LogP contribution >= 0.6 is 0 Å². The number of hydrogen-bond donors (Lipinski definition) is 2. The number of ether oxygens (including phenoxy) is 1. The molecule has 0 aliphatic carbocycles. The van der Waals surface area contributed by atoms with Crippen molar-refractivity contribution in [1.82, 2.24) is 5.43 Å². The van der Waals surface area contributed by atoms with Gasteiger partial charge in [0, 0.05) is 25.3 Å². The molecule has 0 saturated heterocycles. The summed E-state index contributed by atoms with van der Waals surface area (Å²) >= 11 is 0. The van der Waals surface area contributed by atoms with Gasteiger partial charge >= 0.3 is 0 Å². The second-order valence-corrected chi connectivity index (χ2v) is 3.82. The standard InChI is InChI=1S/C12H18F2N2O/c1-2-4-17-5-3-12(16-15)9-6-10(13)8-11(14)7-9/h6-8,12,16H,2-5,15H2,1H3. The Balaban J connectivity index is 2.59. The topological polar surface area (TPSA) is 47.3 Å². The number of nitrogens with two attached hydrogens (primary N) is 1. The van der Waals surface area contributed by atoms with Crippen molar-refractivity contribution in [1.29, 1.82) is 0 Å². The smallest absolute Gasteiger partial charge is 0.126 e. The van der Waals surface area contributed by atoms with Gasteiger partial charge in [0.25, 0.3) is 0 Å². The molecule has 3 nitrogen and oxygen atoms in total. The fourth-order valence-corrected chi connectivity index (χ4v) is 1.57. The van der Waals surface area contributed by atoms with Crippen molar-refractivity contribution in [3.8, 4) is 0 Å². The van der Waals surface area contributed by atoms with Crippen LogP contribution in [0.4, 0.5) is 8.78 Å². The molecule has 0 heterocycles. The summed E-state index contributed by atoms with van der Waals surface area (Å²) in [5, 5.41) is 0. The van der Waals surface area contributed by atoms with Crippen LogP contribution in [0.25, 0.3) is 0 Å². The van der Waals surface area contributed by atoms with E-state index in [-0.39, 0.29) is 6.04 Å². The van der Waals surface area contributed by atoms with Crippen molar-refractivity contribution >= 4 is 0 Å². The van der Waals surface area contributed by atoms with E-state index in [1.165, 1.54) is 12.1 Å². The average molecular weight is 244 g/mol. The van der Waals surface area contributed by atoms with Crippen LogP contribution in [0, 0.1) is 11.6 Å². The third-order valence-electron chi connectivity index (χ3n) is 2.39. The van der Waals surface area contributed by atoms with Crippen molar-refractivity contribution < 1.29 is 13.5 Å². The Morgan fingerprint density at radius 3 is 2.41 bits per heavy atom. The SMILES string of the molecule is CCCOCCC(NN)c1cc(F)cc(F)c1. The summed E-state index contributed by atoms with van der Waals surface area (Å²) in [5.41, 5.74) is 3.03. The van der Waals surface area contributed by atoms with Crippen molar-refractivity contribution in [2.75, 3.05) is 13.2 Å². The van der Waals surface area contributed by atoms with Gasteiger partial charge < -0.3 is 4.74 Å². The van der Waals surface area contributed by atoms with E-state index in [0.717, 1.165) is 12.5 Å². The molecule has 96 valence electrons. The fraction of sp³-hybridized carbons (Fsp3) is 0.500. The summed E-state index contributed by atoms with van der Waals surface area (Å²) in [6.45, 7) is 3.19. The molecule has 1 aromatic rings. The molecule has 0 fully saturated rings. The molecular weight excluding hydrogens is 226 g/mol. The summed E-state index contributed by atoms with van der Waals surface area (Å²) in [5.74, 6) is 4.17.